The minimum Gasteiger partial charge on any atom is -0.493 e. The molecule has 14 nitrogen and oxygen atoms in total. The molecular formula is C42H52N4O10. The van der Waals surface area contributed by atoms with Crippen molar-refractivity contribution in [2.75, 3.05) is 53.6 Å². The lowest BCUT2D eigenvalue weighted by Gasteiger charge is -2.35. The number of fused-ring (bicyclic) bond motifs is 4. The third-order valence-electron chi connectivity index (χ3n) is 13.3. The Labute approximate surface area is 326 Å². The Morgan fingerprint density at radius 1 is 0.732 bits per heavy atom. The van der Waals surface area contributed by atoms with Crippen LogP contribution < -0.4 is 29.8 Å². The molecule has 0 bridgehead atoms. The van der Waals surface area contributed by atoms with E-state index in [-0.39, 0.29) is 58.9 Å². The molecule has 10 unspecified atom stereocenters. The minimum atomic E-state index is -0.507. The minimum absolute atomic E-state index is 0.110. The van der Waals surface area contributed by atoms with Gasteiger partial charge in [0.1, 0.15) is 12.2 Å². The highest BCUT2D eigenvalue weighted by molar-refractivity contribution is 5.76. The summed E-state index contributed by atoms with van der Waals surface area (Å²) in [4.78, 5) is 25.3. The van der Waals surface area contributed by atoms with E-state index in [1.807, 2.05) is 38.1 Å². The molecule has 6 aliphatic heterocycles. The largest absolute Gasteiger partial charge is 0.493 e. The Hall–Kier alpha value is -4.18. The fourth-order valence-electron chi connectivity index (χ4n) is 10.8. The molecule has 0 amide bonds. The van der Waals surface area contributed by atoms with E-state index in [1.165, 1.54) is 0 Å². The van der Waals surface area contributed by atoms with E-state index >= 15 is 0 Å². The molecule has 2 aliphatic carbocycles. The molecule has 2 spiro atoms. The van der Waals surface area contributed by atoms with Crippen LogP contribution in [-0.2, 0) is 29.9 Å². The van der Waals surface area contributed by atoms with Crippen LogP contribution in [0.25, 0.3) is 0 Å². The highest BCUT2D eigenvalue weighted by atomic mass is 16.5. The molecule has 2 aromatic carbocycles. The van der Waals surface area contributed by atoms with Gasteiger partial charge < -0.3 is 38.6 Å². The number of esters is 2. The SMILES string of the molecule is CCOC(=O)C1CNN2CCC34C=CC(O)CC3Oc3c(OC)ccc(c34)C12.CCOC(=O)C1CNN2CCC34C=CC(O)CC3Oc3c(OC)ccc(c34)C12. The molecule has 2 saturated heterocycles. The first-order valence-corrected chi connectivity index (χ1v) is 20.0. The van der Waals surface area contributed by atoms with Gasteiger partial charge in [0.2, 0.25) is 0 Å². The molecule has 0 radical (unpaired) electrons. The average molecular weight is 773 g/mol. The third-order valence-corrected chi connectivity index (χ3v) is 13.3. The molecule has 8 aliphatic rings. The van der Waals surface area contributed by atoms with Crippen LogP contribution in [0, 0.1) is 11.8 Å². The highest BCUT2D eigenvalue weighted by Crippen LogP contribution is 2.60. The lowest BCUT2D eigenvalue weighted by Crippen LogP contribution is -2.43. The Kier molecular flexibility index (Phi) is 9.57. The zero-order valence-electron chi connectivity index (χ0n) is 32.4. The second-order valence-electron chi connectivity index (χ2n) is 16.0. The van der Waals surface area contributed by atoms with Gasteiger partial charge in [0, 0.05) is 50.1 Å². The topological polar surface area (TPSA) is 161 Å². The zero-order valence-corrected chi connectivity index (χ0v) is 32.4. The van der Waals surface area contributed by atoms with Crippen LogP contribution in [0.2, 0.25) is 0 Å². The van der Waals surface area contributed by atoms with E-state index in [9.17, 15) is 19.8 Å². The third kappa shape index (κ3) is 5.58. The van der Waals surface area contributed by atoms with Gasteiger partial charge in [-0.25, -0.2) is 10.0 Å². The van der Waals surface area contributed by atoms with Gasteiger partial charge >= 0.3 is 11.9 Å². The van der Waals surface area contributed by atoms with Crippen molar-refractivity contribution in [3.8, 4) is 23.0 Å². The maximum absolute atomic E-state index is 12.7. The number of nitrogens with one attached hydrogen (secondary N) is 2. The average Bonchev–Trinajstić information content (AvgIpc) is 3.94. The summed E-state index contributed by atoms with van der Waals surface area (Å²) in [5, 5.41) is 24.7. The number of hydrogen-bond donors (Lipinski definition) is 4. The second-order valence-corrected chi connectivity index (χ2v) is 16.0. The number of carbonyl (C=O) groups is 2. The molecule has 10 atom stereocenters. The molecule has 14 heteroatoms. The van der Waals surface area contributed by atoms with Crippen molar-refractivity contribution in [1.29, 1.82) is 0 Å². The quantitative estimate of drug-likeness (QED) is 0.251. The summed E-state index contributed by atoms with van der Waals surface area (Å²) in [6.07, 6.45) is 9.47. The number of hydrogen-bond acceptors (Lipinski definition) is 14. The summed E-state index contributed by atoms with van der Waals surface area (Å²) in [5.74, 6) is 2.00. The molecule has 2 fully saturated rings. The Balaban J connectivity index is 0.000000146. The van der Waals surface area contributed by atoms with Gasteiger partial charge in [-0.3, -0.25) is 20.4 Å². The van der Waals surface area contributed by atoms with Gasteiger partial charge in [-0.2, -0.15) is 0 Å². The van der Waals surface area contributed by atoms with Crippen LogP contribution in [0.15, 0.2) is 48.6 Å². The predicted octanol–water partition coefficient (Wildman–Crippen LogP) is 2.92. The number of aliphatic hydroxyl groups excluding tert-OH is 2. The smallest absolute Gasteiger partial charge is 0.312 e. The normalized spacial score (nSPS) is 35.4. The summed E-state index contributed by atoms with van der Waals surface area (Å²) >= 11 is 0. The lowest BCUT2D eigenvalue weighted by molar-refractivity contribution is -0.149. The van der Waals surface area contributed by atoms with Gasteiger partial charge in [0.25, 0.3) is 0 Å². The van der Waals surface area contributed by atoms with Crippen molar-refractivity contribution < 1.29 is 48.2 Å². The van der Waals surface area contributed by atoms with Crippen LogP contribution in [-0.4, -0.2) is 110 Å². The van der Waals surface area contributed by atoms with E-state index in [2.05, 4.69) is 45.2 Å². The molecule has 0 saturated carbocycles. The fraction of sp³-hybridized carbons (Fsp3) is 0.571. The predicted molar refractivity (Wildman–Crippen MR) is 202 cm³/mol. The Bertz CT molecular complexity index is 1820. The summed E-state index contributed by atoms with van der Waals surface area (Å²) in [5.41, 5.74) is 10.6. The summed E-state index contributed by atoms with van der Waals surface area (Å²) in [7, 11) is 3.28. The van der Waals surface area contributed by atoms with Gasteiger partial charge in [-0.1, -0.05) is 36.4 Å². The van der Waals surface area contributed by atoms with E-state index in [0.29, 0.717) is 50.6 Å². The Morgan fingerprint density at radius 3 is 1.55 bits per heavy atom. The number of aliphatic hydroxyl groups is 2. The zero-order chi connectivity index (χ0) is 38.9. The van der Waals surface area contributed by atoms with E-state index < -0.39 is 12.2 Å². The highest BCUT2D eigenvalue weighted by Gasteiger charge is 2.58. The van der Waals surface area contributed by atoms with Crippen molar-refractivity contribution in [2.24, 2.45) is 11.8 Å². The number of benzene rings is 2. The van der Waals surface area contributed by atoms with Crippen molar-refractivity contribution in [3.05, 3.63) is 70.8 Å². The van der Waals surface area contributed by atoms with Gasteiger partial charge in [-0.05, 0) is 49.9 Å². The van der Waals surface area contributed by atoms with Crippen LogP contribution in [0.1, 0.15) is 73.9 Å². The number of rotatable bonds is 6. The van der Waals surface area contributed by atoms with Gasteiger partial charge in [0.05, 0.1) is 74.4 Å². The van der Waals surface area contributed by atoms with Crippen LogP contribution in [0.3, 0.4) is 0 Å². The molecule has 0 aromatic heterocycles. The monoisotopic (exact) mass is 772 g/mol. The fourth-order valence-corrected chi connectivity index (χ4v) is 10.8. The molecular weight excluding hydrogens is 720 g/mol. The molecule has 6 heterocycles. The van der Waals surface area contributed by atoms with E-state index in [1.54, 1.807) is 14.2 Å². The van der Waals surface area contributed by atoms with Crippen molar-refractivity contribution in [3.63, 3.8) is 0 Å². The van der Waals surface area contributed by atoms with Gasteiger partial charge in [0.15, 0.2) is 23.0 Å². The maximum atomic E-state index is 12.7. The first kappa shape index (κ1) is 37.4. The number of methoxy groups -OCH3 is 2. The summed E-state index contributed by atoms with van der Waals surface area (Å²) < 4.78 is 34.6. The van der Waals surface area contributed by atoms with Crippen molar-refractivity contribution >= 4 is 11.9 Å². The standard InChI is InChI=1S/2C21H26N2O5/c2*1-3-27-20(25)14-11-22-23-9-8-21-7-6-12(24)10-16(21)28-19-15(26-2)5-4-13(17(19)21)18(14)23/h2*4-7,12,14,16,18,22,24H,3,8-11H2,1-2H3. The second kappa shape index (κ2) is 14.3. The lowest BCUT2D eigenvalue weighted by atomic mass is 9.68. The summed E-state index contributed by atoms with van der Waals surface area (Å²) in [6, 6.07) is 7.74. The van der Waals surface area contributed by atoms with Gasteiger partial charge in [-0.15, -0.1) is 0 Å². The van der Waals surface area contributed by atoms with Crippen LogP contribution in [0.4, 0.5) is 0 Å². The number of carbonyl (C=O) groups excluding carboxylic acids is 2. The van der Waals surface area contributed by atoms with Crippen molar-refractivity contribution in [2.45, 2.75) is 86.9 Å². The van der Waals surface area contributed by atoms with E-state index in [0.717, 1.165) is 59.7 Å². The first-order chi connectivity index (χ1) is 27.2. The number of nitrogens with zero attached hydrogens (tertiary/aromatic N) is 2. The van der Waals surface area contributed by atoms with Crippen LogP contribution >= 0.6 is 0 Å². The molecule has 4 N–H and O–H groups in total. The number of ether oxygens (including phenoxy) is 6. The molecule has 56 heavy (non-hydrogen) atoms. The molecule has 10 rings (SSSR count). The molecule has 300 valence electrons. The number of hydrazine groups is 2. The Morgan fingerprint density at radius 2 is 1.16 bits per heavy atom. The first-order valence-electron chi connectivity index (χ1n) is 20.0. The van der Waals surface area contributed by atoms with Crippen LogP contribution in [0.5, 0.6) is 23.0 Å². The van der Waals surface area contributed by atoms with Crippen molar-refractivity contribution in [1.82, 2.24) is 20.9 Å². The molecule has 2 aromatic rings. The van der Waals surface area contributed by atoms with E-state index in [4.69, 9.17) is 28.4 Å². The maximum Gasteiger partial charge on any atom is 0.312 e. The summed E-state index contributed by atoms with van der Waals surface area (Å²) in [6.45, 7) is 7.10.